The van der Waals surface area contributed by atoms with Gasteiger partial charge >= 0.3 is 79.0 Å². The second-order valence-corrected chi connectivity index (χ2v) is 7.21. The van der Waals surface area contributed by atoms with Crippen molar-refractivity contribution >= 4 is 33.0 Å². The first-order valence-electron chi connectivity index (χ1n) is 3.11. The minimum absolute atomic E-state index is 0.641. The number of hydrogen-bond acceptors (Lipinski definition) is 0. The van der Waals surface area contributed by atoms with Crippen LogP contribution in [-0.4, -0.2) is 33.0 Å². The molecule has 0 aromatic carbocycles. The quantitative estimate of drug-likeness (QED) is 0.485. The van der Waals surface area contributed by atoms with Gasteiger partial charge in [0.2, 0.25) is 0 Å². The zero-order chi connectivity index (χ0) is 7.40. The Morgan fingerprint density at radius 2 is 2.20 bits per heavy atom. The summed E-state index contributed by atoms with van der Waals surface area (Å²) in [5.74, 6) is 0. The van der Waals surface area contributed by atoms with Gasteiger partial charge in [-0.05, 0) is 0 Å². The van der Waals surface area contributed by atoms with Crippen LogP contribution in [0.1, 0.15) is 0 Å². The Morgan fingerprint density at radius 1 is 1.40 bits per heavy atom. The summed E-state index contributed by atoms with van der Waals surface area (Å²) in [6.07, 6.45) is 12.7. The maximum absolute atomic E-state index is 2.25. The van der Waals surface area contributed by atoms with Gasteiger partial charge in [-0.3, -0.25) is 0 Å². The van der Waals surface area contributed by atoms with Crippen LogP contribution in [0.2, 0.25) is 3.58 Å². The van der Waals surface area contributed by atoms with Gasteiger partial charge in [0, 0.05) is 0 Å². The summed E-state index contributed by atoms with van der Waals surface area (Å²) in [5, 5.41) is 0. The predicted molar refractivity (Wildman–Crippen MR) is 45.9 cm³/mol. The molecule has 0 fully saturated rings. The molecule has 0 atom stereocenters. The van der Waals surface area contributed by atoms with Crippen molar-refractivity contribution in [2.45, 2.75) is 3.58 Å². The van der Waals surface area contributed by atoms with Crippen LogP contribution in [0, 0.1) is 6.42 Å². The molecule has 10 heavy (non-hydrogen) atoms. The summed E-state index contributed by atoms with van der Waals surface area (Å²) in [4.78, 5) is 0. The van der Waals surface area contributed by atoms with Gasteiger partial charge in [-0.25, -0.2) is 0 Å². The van der Waals surface area contributed by atoms with Gasteiger partial charge in [0.05, 0.1) is 0 Å². The summed E-state index contributed by atoms with van der Waals surface area (Å²) in [6, 6.07) is 0. The fraction of sp³-hybridized carbons (Fsp3) is 0.125. The first kappa shape index (κ1) is 8.27. The van der Waals surface area contributed by atoms with Crippen LogP contribution in [0.5, 0.6) is 0 Å². The van der Waals surface area contributed by atoms with E-state index < -0.39 is 0 Å². The van der Waals surface area contributed by atoms with E-state index in [1.54, 1.807) is 0 Å². The Hall–Kier alpha value is 0.176. The maximum atomic E-state index is 2.25. The van der Waals surface area contributed by atoms with Crippen molar-refractivity contribution in [1.82, 2.24) is 0 Å². The molecule has 0 unspecified atom stereocenters. The normalized spacial score (nSPS) is 20.1. The van der Waals surface area contributed by atoms with E-state index in [0.29, 0.717) is 3.58 Å². The van der Waals surface area contributed by atoms with Gasteiger partial charge in [0.15, 0.2) is 0 Å². The van der Waals surface area contributed by atoms with E-state index in [-0.39, 0.29) is 0 Å². The van der Waals surface area contributed by atoms with Gasteiger partial charge in [0.1, 0.15) is 0 Å². The number of hydrogen-bond donors (Lipinski definition) is 0. The zero-order valence-electron chi connectivity index (χ0n) is 5.54. The molecule has 1 rings (SSSR count). The van der Waals surface area contributed by atoms with E-state index in [4.69, 9.17) is 0 Å². The standard InChI is InChI=1S/C8H7Ge2/c9-8(10)6-7-4-2-1-3-5-7/h1-6,8H/q+1. The molecule has 0 saturated heterocycles. The summed E-state index contributed by atoms with van der Waals surface area (Å²) in [5.41, 5.74) is 1.32. The zero-order valence-corrected chi connectivity index (χ0v) is 9.74. The third kappa shape index (κ3) is 2.84. The SMILES string of the molecule is [Ge][CH]([Ge])C=C1C=CC=C[CH+]1. The van der Waals surface area contributed by atoms with Crippen molar-refractivity contribution in [3.63, 3.8) is 0 Å². The summed E-state index contributed by atoms with van der Waals surface area (Å²) >= 11 is 4.38. The first-order valence-corrected chi connectivity index (χ1v) is 5.53. The van der Waals surface area contributed by atoms with Gasteiger partial charge in [0.25, 0.3) is 0 Å². The first-order chi connectivity index (χ1) is 4.79. The molecule has 0 aromatic rings. The van der Waals surface area contributed by atoms with Crippen LogP contribution in [-0.2, 0) is 0 Å². The molecule has 0 spiro atoms. The third-order valence-electron chi connectivity index (χ3n) is 1.16. The summed E-state index contributed by atoms with van der Waals surface area (Å²) in [7, 11) is 0. The molecule has 2 heteroatoms. The van der Waals surface area contributed by atoms with Crippen molar-refractivity contribution in [1.29, 1.82) is 0 Å². The van der Waals surface area contributed by atoms with Gasteiger partial charge in [-0.2, -0.15) is 0 Å². The number of rotatable bonds is 1. The summed E-state index contributed by atoms with van der Waals surface area (Å²) in [6.45, 7) is 0. The Balaban J connectivity index is 2.58. The van der Waals surface area contributed by atoms with Crippen molar-refractivity contribution < 1.29 is 0 Å². The predicted octanol–water partition coefficient (Wildman–Crippen LogP) is 1.33. The average molecular weight is 248 g/mol. The van der Waals surface area contributed by atoms with E-state index in [9.17, 15) is 0 Å². The molecular formula is C8H7Ge2+. The monoisotopic (exact) mass is 251 g/mol. The van der Waals surface area contributed by atoms with E-state index in [2.05, 4.69) is 63.8 Å². The molecule has 1 aliphatic carbocycles. The van der Waals surface area contributed by atoms with Crippen LogP contribution in [0.15, 0.2) is 36.0 Å². The topological polar surface area (TPSA) is 0 Å². The Labute approximate surface area is 78.9 Å². The molecule has 0 nitrogen and oxygen atoms in total. The Morgan fingerprint density at radius 3 is 2.70 bits per heavy atom. The van der Waals surface area contributed by atoms with Crippen LogP contribution in [0.4, 0.5) is 0 Å². The molecule has 1 aliphatic rings. The van der Waals surface area contributed by atoms with Crippen molar-refractivity contribution in [3.05, 3.63) is 42.4 Å². The minimum atomic E-state index is 0.641. The van der Waals surface area contributed by atoms with E-state index >= 15 is 0 Å². The van der Waals surface area contributed by atoms with Gasteiger partial charge in [-0.1, -0.05) is 0 Å². The van der Waals surface area contributed by atoms with E-state index in [1.807, 2.05) is 6.08 Å². The van der Waals surface area contributed by atoms with E-state index in [0.717, 1.165) is 0 Å². The fourth-order valence-corrected chi connectivity index (χ4v) is 1.56. The Kier molecular flexibility index (Phi) is 3.42. The van der Waals surface area contributed by atoms with Crippen molar-refractivity contribution in [2.24, 2.45) is 0 Å². The molecule has 0 aromatic heterocycles. The van der Waals surface area contributed by atoms with Gasteiger partial charge in [-0.15, -0.1) is 0 Å². The van der Waals surface area contributed by atoms with E-state index in [1.165, 1.54) is 5.57 Å². The molecule has 0 bridgehead atoms. The Bertz CT molecular complexity index is 187. The average Bonchev–Trinajstić information content (AvgIpc) is 1.88. The number of allylic oxidation sites excluding steroid dienone is 6. The molecule has 46 valence electrons. The third-order valence-corrected chi connectivity index (χ3v) is 1.86. The van der Waals surface area contributed by atoms with Crippen LogP contribution in [0.3, 0.4) is 0 Å². The second-order valence-electron chi connectivity index (χ2n) is 2.06. The molecule has 0 amide bonds. The van der Waals surface area contributed by atoms with Crippen LogP contribution < -0.4 is 0 Å². The molecule has 0 aliphatic heterocycles. The van der Waals surface area contributed by atoms with Crippen molar-refractivity contribution in [3.8, 4) is 0 Å². The van der Waals surface area contributed by atoms with Gasteiger partial charge < -0.3 is 0 Å². The van der Waals surface area contributed by atoms with Crippen LogP contribution in [0.25, 0.3) is 0 Å². The van der Waals surface area contributed by atoms with Crippen molar-refractivity contribution in [2.75, 3.05) is 0 Å². The van der Waals surface area contributed by atoms with Crippen LogP contribution >= 0.6 is 0 Å². The molecule has 6 radical (unpaired) electrons. The molecular weight excluding hydrogens is 241 g/mol. The fourth-order valence-electron chi connectivity index (χ4n) is 0.757. The molecule has 0 saturated carbocycles. The molecule has 0 heterocycles. The molecule has 0 N–H and O–H groups in total. The second kappa shape index (κ2) is 4.14. The summed E-state index contributed by atoms with van der Waals surface area (Å²) < 4.78 is 0.641.